The number of aliphatic imine (C=N–C) groups is 1. The maximum Gasteiger partial charge on any atom is 0.434 e. The van der Waals surface area contributed by atoms with Gasteiger partial charge in [-0.2, -0.15) is 30.9 Å². The smallest absolute Gasteiger partial charge is 0.240 e. The van der Waals surface area contributed by atoms with Crippen LogP contribution in [0.25, 0.3) is 0 Å². The van der Waals surface area contributed by atoms with Crippen molar-refractivity contribution in [2.45, 2.75) is 17.9 Å². The molecule has 0 fully saturated rings. The molecule has 0 spiro atoms. The lowest BCUT2D eigenvalue weighted by atomic mass is 9.96. The van der Waals surface area contributed by atoms with Crippen molar-refractivity contribution in [1.82, 2.24) is 4.90 Å². The Balaban J connectivity index is 2.14. The quantitative estimate of drug-likeness (QED) is 0.305. The summed E-state index contributed by atoms with van der Waals surface area (Å²) < 4.78 is 115. The third-order valence-electron chi connectivity index (χ3n) is 5.68. The third-order valence-corrected chi connectivity index (χ3v) is 5.68. The van der Waals surface area contributed by atoms with E-state index in [1.807, 2.05) is 0 Å². The Kier molecular flexibility index (Phi) is 6.39. The summed E-state index contributed by atoms with van der Waals surface area (Å²) in [5, 5.41) is 0. The van der Waals surface area contributed by atoms with Crippen molar-refractivity contribution in [3.05, 3.63) is 102 Å². The number of rotatable bonds is 3. The standard InChI is InChI=1S/C25H16F8N3O/c1-35-20(15-7-9-17(26)10-8-15)34-23(24(28,29)30,25(31,32)33)22(35)36(19-13-11-18(27)12-14-19)21(37)16-5-3-2-4-6-16/h2-14H,1H3/q+1. The molecular formula is C25H16F8N3O+. The first-order chi connectivity index (χ1) is 17.3. The van der Waals surface area contributed by atoms with Gasteiger partial charge >= 0.3 is 29.6 Å². The molecule has 1 heterocycles. The number of nitrogens with zero attached hydrogens (tertiary/aromatic N) is 3. The summed E-state index contributed by atoms with van der Waals surface area (Å²) >= 11 is 0. The maximum atomic E-state index is 14.6. The van der Waals surface area contributed by atoms with Crippen molar-refractivity contribution in [3.63, 3.8) is 0 Å². The molecule has 4 nitrogen and oxygen atoms in total. The second kappa shape index (κ2) is 9.09. The number of hydrogen-bond donors (Lipinski definition) is 0. The molecule has 0 aliphatic carbocycles. The van der Waals surface area contributed by atoms with Gasteiger partial charge in [0.05, 0.1) is 12.6 Å². The molecule has 0 unspecified atom stereocenters. The molecule has 37 heavy (non-hydrogen) atoms. The van der Waals surface area contributed by atoms with Crippen molar-refractivity contribution < 1.29 is 44.5 Å². The highest BCUT2D eigenvalue weighted by molar-refractivity contribution is 6.17. The summed E-state index contributed by atoms with van der Waals surface area (Å²) in [5.41, 5.74) is -5.85. The fourth-order valence-electron chi connectivity index (χ4n) is 3.97. The zero-order chi connectivity index (χ0) is 27.2. The van der Waals surface area contributed by atoms with Crippen LogP contribution in [-0.4, -0.2) is 52.0 Å². The summed E-state index contributed by atoms with van der Waals surface area (Å²) in [4.78, 5) is 17.2. The molecule has 4 rings (SSSR count). The van der Waals surface area contributed by atoms with E-state index in [1.54, 1.807) is 0 Å². The van der Waals surface area contributed by atoms with Gasteiger partial charge in [-0.15, -0.1) is 0 Å². The number of benzene rings is 3. The van der Waals surface area contributed by atoms with Crippen LogP contribution in [0.2, 0.25) is 0 Å². The van der Waals surface area contributed by atoms with E-state index in [4.69, 9.17) is 0 Å². The number of carbonyl (C=O) groups is 1. The molecule has 3 aromatic rings. The van der Waals surface area contributed by atoms with Gasteiger partial charge in [0.2, 0.25) is 5.84 Å². The van der Waals surface area contributed by atoms with Crippen molar-refractivity contribution in [2.24, 2.45) is 4.99 Å². The molecule has 1 aliphatic rings. The van der Waals surface area contributed by atoms with E-state index in [-0.39, 0.29) is 15.7 Å². The van der Waals surface area contributed by atoms with Crippen LogP contribution in [-0.2, 0) is 0 Å². The Morgan fingerprint density at radius 3 is 1.76 bits per heavy atom. The number of alkyl halides is 6. The van der Waals surface area contributed by atoms with Crippen LogP contribution in [0.4, 0.5) is 40.8 Å². The topological polar surface area (TPSA) is 35.7 Å². The van der Waals surface area contributed by atoms with Crippen molar-refractivity contribution in [3.8, 4) is 0 Å². The predicted octanol–water partition coefficient (Wildman–Crippen LogP) is 6.10. The summed E-state index contributed by atoms with van der Waals surface area (Å²) in [6.45, 7) is 0. The molecule has 0 aromatic heterocycles. The third kappa shape index (κ3) is 4.36. The molecule has 12 heteroatoms. The average molecular weight is 526 g/mol. The molecule has 0 saturated carbocycles. The molecule has 0 saturated heterocycles. The van der Waals surface area contributed by atoms with Crippen LogP contribution in [0, 0.1) is 11.6 Å². The molecule has 0 atom stereocenters. The van der Waals surface area contributed by atoms with Gasteiger partial charge in [-0.3, -0.25) is 0 Å². The summed E-state index contributed by atoms with van der Waals surface area (Å²) in [5.74, 6) is -5.26. The zero-order valence-electron chi connectivity index (χ0n) is 18.8. The van der Waals surface area contributed by atoms with E-state index < -0.39 is 52.8 Å². The first kappa shape index (κ1) is 26.0. The monoisotopic (exact) mass is 526 g/mol. The molecule has 192 valence electrons. The van der Waals surface area contributed by atoms with Gasteiger partial charge < -0.3 is 0 Å². The lowest BCUT2D eigenvalue weighted by molar-refractivity contribution is -0.360. The number of likely N-dealkylation sites (N-methyl/N-ethyl adjacent to an activating group) is 1. The number of amidine groups is 2. The summed E-state index contributed by atoms with van der Waals surface area (Å²) in [6.07, 6.45) is -12.2. The number of carbonyl (C=O) groups excluding carboxylic acids is 1. The van der Waals surface area contributed by atoms with Gasteiger partial charge in [-0.25, -0.2) is 23.5 Å². The minimum Gasteiger partial charge on any atom is -0.240 e. The Morgan fingerprint density at radius 1 is 0.784 bits per heavy atom. The average Bonchev–Trinajstić information content (AvgIpc) is 3.16. The molecule has 1 aliphatic heterocycles. The normalized spacial score (nSPS) is 17.0. The summed E-state index contributed by atoms with van der Waals surface area (Å²) in [7, 11) is 0.881. The van der Waals surface area contributed by atoms with E-state index in [9.17, 15) is 39.9 Å². The Morgan fingerprint density at radius 2 is 1.27 bits per heavy atom. The minimum absolute atomic E-state index is 0.218. The summed E-state index contributed by atoms with van der Waals surface area (Å²) in [6, 6.07) is 13.6. The molecule has 0 radical (unpaired) electrons. The number of amides is 1. The largest absolute Gasteiger partial charge is 0.434 e. The van der Waals surface area contributed by atoms with E-state index in [2.05, 4.69) is 4.99 Å². The fourth-order valence-corrected chi connectivity index (χ4v) is 3.97. The lowest BCUT2D eigenvalue weighted by Crippen LogP contribution is -2.64. The van der Waals surface area contributed by atoms with Gasteiger partial charge in [-0.1, -0.05) is 18.2 Å². The predicted molar refractivity (Wildman–Crippen MR) is 118 cm³/mol. The van der Waals surface area contributed by atoms with E-state index in [1.165, 1.54) is 30.3 Å². The lowest BCUT2D eigenvalue weighted by Gasteiger charge is -2.30. The number of halogens is 8. The van der Waals surface area contributed by atoms with Gasteiger partial charge in [0, 0.05) is 5.56 Å². The van der Waals surface area contributed by atoms with Gasteiger partial charge in [0.1, 0.15) is 17.3 Å². The molecule has 0 N–H and O–H groups in total. The van der Waals surface area contributed by atoms with Crippen molar-refractivity contribution >= 4 is 23.3 Å². The van der Waals surface area contributed by atoms with Crippen LogP contribution in [0.3, 0.4) is 0 Å². The van der Waals surface area contributed by atoms with Crippen LogP contribution in [0.5, 0.6) is 0 Å². The van der Waals surface area contributed by atoms with E-state index >= 15 is 0 Å². The van der Waals surface area contributed by atoms with Crippen LogP contribution in [0.1, 0.15) is 15.9 Å². The Bertz CT molecular complexity index is 1360. The van der Waals surface area contributed by atoms with Crippen LogP contribution in [0.15, 0.2) is 83.9 Å². The Labute approximate surface area is 204 Å². The molecule has 3 aromatic carbocycles. The van der Waals surface area contributed by atoms with Gasteiger partial charge in [0.15, 0.2) is 0 Å². The zero-order valence-corrected chi connectivity index (χ0v) is 18.8. The molecule has 1 amide bonds. The highest BCUT2D eigenvalue weighted by Crippen LogP contribution is 2.51. The van der Waals surface area contributed by atoms with Crippen LogP contribution >= 0.6 is 0 Å². The highest BCUT2D eigenvalue weighted by atomic mass is 19.4. The highest BCUT2D eigenvalue weighted by Gasteiger charge is 2.82. The van der Waals surface area contributed by atoms with E-state index in [0.717, 1.165) is 55.6 Å². The van der Waals surface area contributed by atoms with Crippen molar-refractivity contribution in [1.29, 1.82) is 0 Å². The van der Waals surface area contributed by atoms with Crippen LogP contribution < -0.4 is 0 Å². The Hall–Kier alpha value is -4.09. The SMILES string of the molecule is CN1C(c2ccc(F)cc2)=NC(C(F)(F)F)(C(F)(F)F)C1=[N+](C(=O)c1ccccc1)c1ccc(F)cc1. The van der Waals surface area contributed by atoms with Crippen molar-refractivity contribution in [2.75, 3.05) is 7.05 Å². The molecule has 0 bridgehead atoms. The van der Waals surface area contributed by atoms with Gasteiger partial charge in [0.25, 0.3) is 0 Å². The minimum atomic E-state index is -6.08. The second-order valence-electron chi connectivity index (χ2n) is 8.01. The molecular weight excluding hydrogens is 510 g/mol. The fraction of sp³-hybridized carbons (Fsp3) is 0.160. The van der Waals surface area contributed by atoms with Gasteiger partial charge in [-0.05, 0) is 60.7 Å². The second-order valence-corrected chi connectivity index (χ2v) is 8.01. The number of hydrogen-bond acceptors (Lipinski definition) is 2. The first-order valence-corrected chi connectivity index (χ1v) is 10.5. The maximum absolute atomic E-state index is 14.6. The van der Waals surface area contributed by atoms with E-state index in [0.29, 0.717) is 4.90 Å². The first-order valence-electron chi connectivity index (χ1n) is 10.5.